The summed E-state index contributed by atoms with van der Waals surface area (Å²) in [5.74, 6) is 0. The Morgan fingerprint density at radius 1 is 1.45 bits per heavy atom. The Balaban J connectivity index is 2.83. The van der Waals surface area contributed by atoms with E-state index in [-0.39, 0.29) is 0 Å². The predicted molar refractivity (Wildman–Crippen MR) is 81.1 cm³/mol. The zero-order chi connectivity index (χ0) is 15.3. The molecule has 0 spiro atoms. The third-order valence-electron chi connectivity index (χ3n) is 2.70. The third kappa shape index (κ3) is 4.63. The van der Waals surface area contributed by atoms with Crippen molar-refractivity contribution >= 4 is 23.7 Å². The topological polar surface area (TPSA) is 46.6 Å². The molecule has 0 aliphatic heterocycles. The van der Waals surface area contributed by atoms with Gasteiger partial charge < -0.3 is 9.53 Å². The summed E-state index contributed by atoms with van der Waals surface area (Å²) in [6, 6.07) is 3.35. The maximum absolute atomic E-state index is 12.0. The number of aldehydes is 1. The number of carbonyl (C=O) groups is 2. The van der Waals surface area contributed by atoms with Crippen molar-refractivity contribution in [3.63, 3.8) is 0 Å². The maximum atomic E-state index is 12.0. The first-order valence-electron chi connectivity index (χ1n) is 6.78. The monoisotopic (exact) mass is 297 g/mol. The Kier molecular flexibility index (Phi) is 5.74. The highest BCUT2D eigenvalue weighted by atomic mass is 32.1. The zero-order valence-corrected chi connectivity index (χ0v) is 13.6. The molecule has 4 nitrogen and oxygen atoms in total. The Labute approximate surface area is 124 Å². The van der Waals surface area contributed by atoms with E-state index in [1.165, 1.54) is 9.78 Å². The molecule has 1 heterocycles. The lowest BCUT2D eigenvalue weighted by Crippen LogP contribution is -2.37. The van der Waals surface area contributed by atoms with Gasteiger partial charge in [0.2, 0.25) is 0 Å². The van der Waals surface area contributed by atoms with Crippen molar-refractivity contribution in [2.24, 2.45) is 0 Å². The molecular formula is C15H23NO3S. The molecule has 0 aromatic carbocycles. The number of nitrogens with zero attached hydrogens (tertiary/aromatic N) is 1. The highest BCUT2D eigenvalue weighted by Gasteiger charge is 2.27. The molecule has 1 aromatic heterocycles. The molecule has 5 heteroatoms. The van der Waals surface area contributed by atoms with Crippen molar-refractivity contribution < 1.29 is 14.3 Å². The Morgan fingerprint density at radius 2 is 2.10 bits per heavy atom. The third-order valence-corrected chi connectivity index (χ3v) is 3.91. The van der Waals surface area contributed by atoms with Gasteiger partial charge in [0.1, 0.15) is 17.9 Å². The molecule has 0 saturated carbocycles. The lowest BCUT2D eigenvalue weighted by atomic mass is 10.2. The largest absolute Gasteiger partial charge is 0.444 e. The number of aryl methyl sites for hydroxylation is 1. The molecule has 0 aliphatic rings. The van der Waals surface area contributed by atoms with Crippen molar-refractivity contribution in [2.45, 2.75) is 52.2 Å². The normalized spacial score (nSPS) is 12.8. The molecular weight excluding hydrogens is 274 g/mol. The number of carbonyl (C=O) groups excluding carboxylic acids is 2. The first kappa shape index (κ1) is 16.7. The van der Waals surface area contributed by atoms with Crippen LogP contribution in [0, 0.1) is 0 Å². The first-order chi connectivity index (χ1) is 9.28. The molecule has 112 valence electrons. The van der Waals surface area contributed by atoms with Crippen LogP contribution in [0.1, 0.15) is 49.9 Å². The fraction of sp³-hybridized carbons (Fsp3) is 0.600. The summed E-state index contributed by atoms with van der Waals surface area (Å²) in [4.78, 5) is 26.8. The second-order valence-corrected chi connectivity index (χ2v) is 6.93. The number of hydrogen-bond acceptors (Lipinski definition) is 4. The van der Waals surface area contributed by atoms with Gasteiger partial charge in [0.15, 0.2) is 0 Å². The second-order valence-electron chi connectivity index (χ2n) is 5.73. The first-order valence-corrected chi connectivity index (χ1v) is 7.60. The van der Waals surface area contributed by atoms with Crippen molar-refractivity contribution in [1.29, 1.82) is 0 Å². The lowest BCUT2D eigenvalue weighted by molar-refractivity contribution is -0.112. The molecule has 0 saturated heterocycles. The highest BCUT2D eigenvalue weighted by Crippen LogP contribution is 2.27. The molecule has 0 bridgehead atoms. The van der Waals surface area contributed by atoms with Crippen LogP contribution in [0.5, 0.6) is 0 Å². The minimum atomic E-state index is -0.583. The van der Waals surface area contributed by atoms with Crippen LogP contribution in [0.2, 0.25) is 0 Å². The molecule has 0 fully saturated rings. The summed E-state index contributed by atoms with van der Waals surface area (Å²) in [5.41, 5.74) is -0.568. The van der Waals surface area contributed by atoms with E-state index < -0.39 is 17.7 Å². The van der Waals surface area contributed by atoms with E-state index in [9.17, 15) is 9.59 Å². The SMILES string of the molecule is CCCc1ccc(C(C=O)N(C)C(=O)OC(C)(C)C)s1. The van der Waals surface area contributed by atoms with Crippen LogP contribution in [0.15, 0.2) is 12.1 Å². The van der Waals surface area contributed by atoms with Crippen LogP contribution in [0.4, 0.5) is 4.79 Å². The molecule has 1 rings (SSSR count). The fourth-order valence-electron chi connectivity index (χ4n) is 1.73. The van der Waals surface area contributed by atoms with Gasteiger partial charge in [-0.2, -0.15) is 0 Å². The van der Waals surface area contributed by atoms with Crippen LogP contribution >= 0.6 is 11.3 Å². The number of rotatable bonds is 5. The smallest absolute Gasteiger partial charge is 0.410 e. The predicted octanol–water partition coefficient (Wildman–Crippen LogP) is 3.81. The van der Waals surface area contributed by atoms with Gasteiger partial charge in [-0.25, -0.2) is 4.79 Å². The van der Waals surface area contributed by atoms with E-state index in [2.05, 4.69) is 6.92 Å². The summed E-state index contributed by atoms with van der Waals surface area (Å²) < 4.78 is 5.29. The van der Waals surface area contributed by atoms with Crippen LogP contribution in [-0.2, 0) is 16.0 Å². The van der Waals surface area contributed by atoms with E-state index in [0.717, 1.165) is 24.0 Å². The van der Waals surface area contributed by atoms with Gasteiger partial charge in [-0.3, -0.25) is 4.90 Å². The van der Waals surface area contributed by atoms with Gasteiger partial charge in [0.05, 0.1) is 0 Å². The van der Waals surface area contributed by atoms with Gasteiger partial charge in [0, 0.05) is 16.8 Å². The molecule has 0 radical (unpaired) electrons. The molecule has 1 unspecified atom stereocenters. The van der Waals surface area contributed by atoms with Crippen LogP contribution in [0.25, 0.3) is 0 Å². The number of amides is 1. The standard InChI is InChI=1S/C15H23NO3S/c1-6-7-11-8-9-13(20-11)12(10-17)16(5)14(18)19-15(2,3)4/h8-10,12H,6-7H2,1-5H3. The number of thiophene rings is 1. The van der Waals surface area contributed by atoms with E-state index in [0.29, 0.717) is 0 Å². The summed E-state index contributed by atoms with van der Waals surface area (Å²) in [5, 5.41) is 0. The number of hydrogen-bond donors (Lipinski definition) is 0. The van der Waals surface area contributed by atoms with Gasteiger partial charge in [-0.15, -0.1) is 11.3 Å². The average Bonchev–Trinajstić information content (AvgIpc) is 2.76. The number of likely N-dealkylation sites (N-methyl/N-ethyl adjacent to an activating group) is 1. The summed E-state index contributed by atoms with van der Waals surface area (Å²) in [7, 11) is 1.59. The molecule has 1 amide bonds. The molecule has 0 N–H and O–H groups in total. The number of ether oxygens (including phenoxy) is 1. The Morgan fingerprint density at radius 3 is 2.60 bits per heavy atom. The summed E-state index contributed by atoms with van der Waals surface area (Å²) in [6.45, 7) is 7.53. The van der Waals surface area contributed by atoms with Gasteiger partial charge in [0.25, 0.3) is 0 Å². The fourth-order valence-corrected chi connectivity index (χ4v) is 2.95. The Bertz CT molecular complexity index is 462. The van der Waals surface area contributed by atoms with Crippen LogP contribution in [-0.4, -0.2) is 29.9 Å². The van der Waals surface area contributed by atoms with Crippen LogP contribution in [0.3, 0.4) is 0 Å². The summed E-state index contributed by atoms with van der Waals surface area (Å²) >= 11 is 1.57. The maximum Gasteiger partial charge on any atom is 0.410 e. The minimum Gasteiger partial charge on any atom is -0.444 e. The zero-order valence-electron chi connectivity index (χ0n) is 12.8. The Hall–Kier alpha value is -1.36. The van der Waals surface area contributed by atoms with E-state index in [1.807, 2.05) is 12.1 Å². The van der Waals surface area contributed by atoms with Gasteiger partial charge in [-0.1, -0.05) is 13.3 Å². The van der Waals surface area contributed by atoms with Crippen molar-refractivity contribution in [2.75, 3.05) is 7.05 Å². The molecule has 20 heavy (non-hydrogen) atoms. The van der Waals surface area contributed by atoms with Crippen molar-refractivity contribution in [3.8, 4) is 0 Å². The molecule has 0 aliphatic carbocycles. The molecule has 1 aromatic rings. The average molecular weight is 297 g/mol. The van der Waals surface area contributed by atoms with Crippen molar-refractivity contribution in [1.82, 2.24) is 4.90 Å². The van der Waals surface area contributed by atoms with E-state index >= 15 is 0 Å². The van der Waals surface area contributed by atoms with E-state index in [4.69, 9.17) is 4.74 Å². The van der Waals surface area contributed by atoms with Gasteiger partial charge in [-0.05, 0) is 39.3 Å². The minimum absolute atomic E-state index is 0.486. The van der Waals surface area contributed by atoms with Crippen LogP contribution < -0.4 is 0 Å². The quantitative estimate of drug-likeness (QED) is 0.776. The highest BCUT2D eigenvalue weighted by molar-refractivity contribution is 7.12. The molecule has 1 atom stereocenters. The second kappa shape index (κ2) is 6.88. The van der Waals surface area contributed by atoms with Gasteiger partial charge >= 0.3 is 6.09 Å². The van der Waals surface area contributed by atoms with E-state index in [1.54, 1.807) is 39.2 Å². The van der Waals surface area contributed by atoms with Crippen molar-refractivity contribution in [3.05, 3.63) is 21.9 Å². The summed E-state index contributed by atoms with van der Waals surface area (Å²) in [6.07, 6.45) is 2.35. The lowest BCUT2D eigenvalue weighted by Gasteiger charge is -2.27.